The third kappa shape index (κ3) is 6.47. The van der Waals surface area contributed by atoms with Gasteiger partial charge in [0.25, 0.3) is 0 Å². The zero-order valence-corrected chi connectivity index (χ0v) is 19.2. The highest BCUT2D eigenvalue weighted by Gasteiger charge is 2.17. The Hall–Kier alpha value is -2.58. The number of benzene rings is 2. The Bertz CT molecular complexity index is 930. The largest absolute Gasteiger partial charge is 0.252 e. The maximum atomic E-state index is 5.09. The molecule has 1 unspecified atom stereocenters. The first-order chi connectivity index (χ1) is 14.5. The van der Waals surface area contributed by atoms with Crippen LogP contribution in [0.2, 0.25) is 0 Å². The summed E-state index contributed by atoms with van der Waals surface area (Å²) in [5.41, 5.74) is 6.58. The summed E-state index contributed by atoms with van der Waals surface area (Å²) in [5.74, 6) is 0.241. The van der Waals surface area contributed by atoms with Crippen LogP contribution in [0.1, 0.15) is 49.8 Å². The lowest BCUT2D eigenvalue weighted by Gasteiger charge is -2.20. The van der Waals surface area contributed by atoms with E-state index in [2.05, 4.69) is 75.2 Å². The van der Waals surface area contributed by atoms with Crippen LogP contribution in [0.4, 0.5) is 0 Å². The molecular weight excluding hydrogens is 382 g/mol. The van der Waals surface area contributed by atoms with Gasteiger partial charge >= 0.3 is 0 Å². The van der Waals surface area contributed by atoms with Crippen molar-refractivity contribution in [2.75, 3.05) is 0 Å². The van der Waals surface area contributed by atoms with E-state index >= 15 is 0 Å². The molecule has 156 valence electrons. The van der Waals surface area contributed by atoms with Crippen LogP contribution in [0.15, 0.2) is 102 Å². The van der Waals surface area contributed by atoms with E-state index in [9.17, 15) is 0 Å². The van der Waals surface area contributed by atoms with E-state index in [1.165, 1.54) is 11.1 Å². The van der Waals surface area contributed by atoms with Gasteiger partial charge in [0.15, 0.2) is 0 Å². The molecule has 0 aliphatic carbocycles. The van der Waals surface area contributed by atoms with E-state index in [1.807, 2.05) is 25.1 Å². The van der Waals surface area contributed by atoms with Crippen molar-refractivity contribution in [3.05, 3.63) is 114 Å². The molecule has 2 aromatic rings. The molecule has 0 spiro atoms. The maximum Gasteiger partial charge on any atom is 0.0702 e. The van der Waals surface area contributed by atoms with Crippen LogP contribution < -0.4 is 0 Å². The van der Waals surface area contributed by atoms with Gasteiger partial charge in [-0.1, -0.05) is 80.8 Å². The lowest BCUT2D eigenvalue weighted by Crippen LogP contribution is -2.09. The van der Waals surface area contributed by atoms with Crippen molar-refractivity contribution >= 4 is 23.9 Å². The van der Waals surface area contributed by atoms with Crippen molar-refractivity contribution < 1.29 is 0 Å². The number of allylic oxidation sites excluding steroid dienone is 5. The minimum Gasteiger partial charge on any atom is -0.252 e. The fraction of sp³-hybridized carbons (Fsp3) is 0.250. The predicted molar refractivity (Wildman–Crippen MR) is 137 cm³/mol. The molecule has 0 radical (unpaired) electrons. The average Bonchev–Trinajstić information content (AvgIpc) is 2.77. The highest BCUT2D eigenvalue weighted by atomic mass is 32.1. The summed E-state index contributed by atoms with van der Waals surface area (Å²) in [6.45, 7) is 16.4. The summed E-state index contributed by atoms with van der Waals surface area (Å²) >= 11 is 4.70. The molecule has 30 heavy (non-hydrogen) atoms. The molecule has 0 saturated carbocycles. The van der Waals surface area contributed by atoms with Crippen LogP contribution in [0, 0.1) is 5.92 Å². The lowest BCUT2D eigenvalue weighted by molar-refractivity contribution is 0.600. The molecule has 0 amide bonds. The Morgan fingerprint density at radius 3 is 2.33 bits per heavy atom. The molecule has 0 saturated heterocycles. The normalized spacial score (nSPS) is 13.4. The van der Waals surface area contributed by atoms with Crippen LogP contribution in [-0.4, -0.2) is 5.71 Å². The van der Waals surface area contributed by atoms with Crippen molar-refractivity contribution in [2.45, 2.75) is 39.5 Å². The first-order valence-electron chi connectivity index (χ1n) is 10.5. The first kappa shape index (κ1) is 23.7. The van der Waals surface area contributed by atoms with Gasteiger partial charge in [-0.05, 0) is 55.4 Å². The fourth-order valence-electron chi connectivity index (χ4n) is 3.58. The number of hydrogen-bond donors (Lipinski definition) is 1. The molecule has 0 N–H and O–H groups in total. The van der Waals surface area contributed by atoms with Gasteiger partial charge in [0, 0.05) is 16.4 Å². The third-order valence-electron chi connectivity index (χ3n) is 5.27. The van der Waals surface area contributed by atoms with Gasteiger partial charge in [-0.3, -0.25) is 4.99 Å². The summed E-state index contributed by atoms with van der Waals surface area (Å²) in [7, 11) is 0. The van der Waals surface area contributed by atoms with Crippen LogP contribution in [0.25, 0.3) is 5.57 Å². The number of aliphatic imine (C=N–C) groups is 1. The Labute approximate surface area is 188 Å². The highest BCUT2D eigenvalue weighted by molar-refractivity contribution is 7.84. The summed E-state index contributed by atoms with van der Waals surface area (Å²) in [6, 6.07) is 18.8. The molecule has 0 aromatic heterocycles. The van der Waals surface area contributed by atoms with Crippen LogP contribution in [0.5, 0.6) is 0 Å². The third-order valence-corrected chi connectivity index (χ3v) is 5.50. The van der Waals surface area contributed by atoms with Crippen molar-refractivity contribution in [1.29, 1.82) is 0 Å². The number of rotatable bonds is 11. The van der Waals surface area contributed by atoms with Gasteiger partial charge < -0.3 is 0 Å². The zero-order valence-electron chi connectivity index (χ0n) is 18.3. The van der Waals surface area contributed by atoms with E-state index in [1.54, 1.807) is 0 Å². The SMILES string of the molecule is C=CCCc1ccccc1/C(C=C)=N/C(=C(\C)S)C(CC)CC(=C)c1ccccc1. The van der Waals surface area contributed by atoms with Gasteiger partial charge in [-0.2, -0.15) is 0 Å². The van der Waals surface area contributed by atoms with Gasteiger partial charge in [0.2, 0.25) is 0 Å². The van der Waals surface area contributed by atoms with Gasteiger partial charge in [0.1, 0.15) is 0 Å². The molecule has 0 fully saturated rings. The standard InChI is InChI=1S/C28H33NS/c1-6-9-15-25-18-13-14-19-26(25)27(8-3)29-28(22(5)30)23(7-2)20-21(4)24-16-11-10-12-17-24/h6,8,10-14,16-19,23,30H,1,3-4,7,9,15,20H2,2,5H3/b28-22+,29-27+. The topological polar surface area (TPSA) is 12.4 Å². The smallest absolute Gasteiger partial charge is 0.0702 e. The van der Waals surface area contributed by atoms with Crippen molar-refractivity contribution in [1.82, 2.24) is 0 Å². The van der Waals surface area contributed by atoms with Crippen molar-refractivity contribution in [3.63, 3.8) is 0 Å². The van der Waals surface area contributed by atoms with Gasteiger partial charge in [-0.25, -0.2) is 0 Å². The predicted octanol–water partition coefficient (Wildman–Crippen LogP) is 8.07. The quantitative estimate of drug-likeness (QED) is 0.216. The van der Waals surface area contributed by atoms with Crippen molar-refractivity contribution in [2.24, 2.45) is 10.9 Å². The van der Waals surface area contributed by atoms with Crippen LogP contribution in [-0.2, 0) is 6.42 Å². The van der Waals surface area contributed by atoms with Crippen LogP contribution >= 0.6 is 12.6 Å². The number of thiol groups is 1. The molecule has 0 aliphatic heterocycles. The fourth-order valence-corrected chi connectivity index (χ4v) is 3.82. The second-order valence-corrected chi connectivity index (χ2v) is 8.11. The monoisotopic (exact) mass is 415 g/mol. The Morgan fingerprint density at radius 2 is 1.73 bits per heavy atom. The van der Waals surface area contributed by atoms with Gasteiger partial charge in [-0.15, -0.1) is 19.2 Å². The van der Waals surface area contributed by atoms with E-state index in [0.717, 1.165) is 53.1 Å². The lowest BCUT2D eigenvalue weighted by atomic mass is 9.90. The molecule has 0 bridgehead atoms. The average molecular weight is 416 g/mol. The molecule has 1 atom stereocenters. The zero-order chi connectivity index (χ0) is 21.9. The Kier molecular flexibility index (Phi) is 9.63. The molecular formula is C28H33NS. The molecule has 2 rings (SSSR count). The minimum atomic E-state index is 0.241. The van der Waals surface area contributed by atoms with Gasteiger partial charge in [0.05, 0.1) is 11.4 Å². The molecule has 2 heteroatoms. The second kappa shape index (κ2) is 12.2. The Morgan fingerprint density at radius 1 is 1.07 bits per heavy atom. The van der Waals surface area contributed by atoms with E-state index in [4.69, 9.17) is 17.6 Å². The van der Waals surface area contributed by atoms with Crippen LogP contribution in [0.3, 0.4) is 0 Å². The highest BCUT2D eigenvalue weighted by Crippen LogP contribution is 2.32. The minimum absolute atomic E-state index is 0.241. The first-order valence-corrected chi connectivity index (χ1v) is 11.0. The van der Waals surface area contributed by atoms with E-state index in [0.29, 0.717) is 0 Å². The molecule has 0 heterocycles. The number of hydrogen-bond acceptors (Lipinski definition) is 2. The Balaban J connectivity index is 2.39. The summed E-state index contributed by atoms with van der Waals surface area (Å²) in [4.78, 5) is 6.02. The maximum absolute atomic E-state index is 5.09. The molecule has 0 aliphatic rings. The van der Waals surface area contributed by atoms with E-state index in [-0.39, 0.29) is 5.92 Å². The molecule has 2 aromatic carbocycles. The summed E-state index contributed by atoms with van der Waals surface area (Å²) < 4.78 is 0. The molecule has 1 nitrogen and oxygen atoms in total. The number of nitrogens with zero attached hydrogens (tertiary/aromatic N) is 1. The second-order valence-electron chi connectivity index (χ2n) is 7.44. The number of aryl methyl sites for hydroxylation is 1. The summed E-state index contributed by atoms with van der Waals surface area (Å²) in [6.07, 6.45) is 7.48. The van der Waals surface area contributed by atoms with E-state index < -0.39 is 0 Å². The summed E-state index contributed by atoms with van der Waals surface area (Å²) in [5, 5.41) is 0. The van der Waals surface area contributed by atoms with Crippen molar-refractivity contribution in [3.8, 4) is 0 Å².